The Labute approximate surface area is 279 Å². The molecular formula is C44H33N4+. The van der Waals surface area contributed by atoms with E-state index in [-0.39, 0.29) is 0 Å². The lowest BCUT2D eigenvalue weighted by molar-refractivity contribution is -0.633. The molecule has 228 valence electrons. The topological polar surface area (TPSA) is 37.5 Å². The molecular weight excluding hydrogens is 585 g/mol. The van der Waals surface area contributed by atoms with Gasteiger partial charge in [0.05, 0.1) is 23.6 Å². The highest BCUT2D eigenvalue weighted by atomic mass is 15.1. The molecule has 0 aliphatic carbocycles. The second-order valence-corrected chi connectivity index (χ2v) is 12.5. The zero-order valence-electron chi connectivity index (χ0n) is 26.9. The fourth-order valence-electron chi connectivity index (χ4n) is 7.06. The number of para-hydroxylation sites is 4. The average Bonchev–Trinajstić information content (AvgIpc) is 3.67. The largest absolute Gasteiger partial charge is 0.327 e. The molecule has 1 N–H and O–H groups in total. The SMILES string of the molecule is Cn1c(-c2ccc(-c3ccc4c(-c5ccc(-c6ccc(-c7[nH]c8ccccc8[n+]7C)cc6)cc5)cccc4c3)cc2)nc2ccccc21. The summed E-state index contributed by atoms with van der Waals surface area (Å²) in [4.78, 5) is 8.44. The number of benzene rings is 7. The summed E-state index contributed by atoms with van der Waals surface area (Å²) in [6.07, 6.45) is 0. The van der Waals surface area contributed by atoms with Gasteiger partial charge in [-0.1, -0.05) is 115 Å². The van der Waals surface area contributed by atoms with Crippen molar-refractivity contribution in [3.8, 4) is 56.2 Å². The van der Waals surface area contributed by atoms with E-state index in [1.54, 1.807) is 0 Å². The highest BCUT2D eigenvalue weighted by molar-refractivity contribution is 5.99. The molecule has 48 heavy (non-hydrogen) atoms. The smallest absolute Gasteiger partial charge is 0.287 e. The molecule has 4 heteroatoms. The van der Waals surface area contributed by atoms with Crippen molar-refractivity contribution < 1.29 is 4.57 Å². The van der Waals surface area contributed by atoms with Gasteiger partial charge >= 0.3 is 0 Å². The van der Waals surface area contributed by atoms with Crippen molar-refractivity contribution in [2.45, 2.75) is 0 Å². The van der Waals surface area contributed by atoms with Gasteiger partial charge in [0.15, 0.2) is 11.0 Å². The Bertz CT molecular complexity index is 2600. The number of nitrogens with one attached hydrogen (secondary N) is 1. The molecule has 9 rings (SSSR count). The van der Waals surface area contributed by atoms with Crippen LogP contribution in [0.25, 0.3) is 89.0 Å². The lowest BCUT2D eigenvalue weighted by Gasteiger charge is -2.11. The minimum atomic E-state index is 0.980. The van der Waals surface area contributed by atoms with Crippen molar-refractivity contribution >= 4 is 32.8 Å². The number of imidazole rings is 2. The van der Waals surface area contributed by atoms with E-state index in [0.717, 1.165) is 33.8 Å². The molecule has 0 saturated heterocycles. The quantitative estimate of drug-likeness (QED) is 0.192. The van der Waals surface area contributed by atoms with Gasteiger partial charge in [-0.15, -0.1) is 0 Å². The number of nitrogens with zero attached hydrogens (tertiary/aromatic N) is 3. The predicted octanol–water partition coefficient (Wildman–Crippen LogP) is 10.4. The molecule has 0 saturated carbocycles. The summed E-state index contributed by atoms with van der Waals surface area (Å²) in [5.41, 5.74) is 14.0. The van der Waals surface area contributed by atoms with Gasteiger partial charge in [0, 0.05) is 12.6 Å². The van der Waals surface area contributed by atoms with Crippen LogP contribution in [0.5, 0.6) is 0 Å². The lowest BCUT2D eigenvalue weighted by atomic mass is 9.94. The summed E-state index contributed by atoms with van der Waals surface area (Å²) in [6, 6.07) is 56.6. The van der Waals surface area contributed by atoms with E-state index in [1.165, 1.54) is 55.2 Å². The normalized spacial score (nSPS) is 11.5. The van der Waals surface area contributed by atoms with Crippen molar-refractivity contribution in [2.24, 2.45) is 14.1 Å². The van der Waals surface area contributed by atoms with Crippen LogP contribution in [-0.2, 0) is 14.1 Å². The van der Waals surface area contributed by atoms with Crippen LogP contribution in [0, 0.1) is 0 Å². The number of hydrogen-bond donors (Lipinski definition) is 1. The van der Waals surface area contributed by atoms with E-state index >= 15 is 0 Å². The van der Waals surface area contributed by atoms with Gasteiger partial charge in [-0.3, -0.25) is 0 Å². The molecule has 0 radical (unpaired) electrons. The number of H-pyrrole nitrogens is 1. The summed E-state index contributed by atoms with van der Waals surface area (Å²) in [5.74, 6) is 2.08. The Kier molecular flexibility index (Phi) is 6.54. The molecule has 0 bridgehead atoms. The van der Waals surface area contributed by atoms with Gasteiger partial charge in [0.1, 0.15) is 5.82 Å². The molecule has 2 aromatic heterocycles. The van der Waals surface area contributed by atoms with Crippen LogP contribution < -0.4 is 4.57 Å². The van der Waals surface area contributed by atoms with Crippen LogP contribution in [0.3, 0.4) is 0 Å². The first-order valence-electron chi connectivity index (χ1n) is 16.3. The van der Waals surface area contributed by atoms with E-state index in [4.69, 9.17) is 4.98 Å². The molecule has 0 unspecified atom stereocenters. The molecule has 0 atom stereocenters. The van der Waals surface area contributed by atoms with Crippen LogP contribution in [0.4, 0.5) is 0 Å². The maximum atomic E-state index is 4.87. The molecule has 2 heterocycles. The van der Waals surface area contributed by atoms with E-state index in [1.807, 2.05) is 6.07 Å². The Balaban J connectivity index is 0.971. The van der Waals surface area contributed by atoms with Crippen LogP contribution in [0.1, 0.15) is 0 Å². The zero-order valence-corrected chi connectivity index (χ0v) is 26.9. The zero-order chi connectivity index (χ0) is 32.2. The Hall–Kier alpha value is -6.26. The van der Waals surface area contributed by atoms with E-state index in [2.05, 4.69) is 180 Å². The van der Waals surface area contributed by atoms with Gasteiger partial charge in [0.2, 0.25) is 0 Å². The monoisotopic (exact) mass is 617 g/mol. The third-order valence-corrected chi connectivity index (χ3v) is 9.69. The summed E-state index contributed by atoms with van der Waals surface area (Å²) in [5, 5.41) is 2.48. The Morgan fingerprint density at radius 3 is 1.88 bits per heavy atom. The van der Waals surface area contributed by atoms with E-state index in [0.29, 0.717) is 0 Å². The third-order valence-electron chi connectivity index (χ3n) is 9.69. The van der Waals surface area contributed by atoms with Gasteiger partial charge in [-0.25, -0.2) is 14.5 Å². The molecule has 0 spiro atoms. The van der Waals surface area contributed by atoms with Crippen molar-refractivity contribution in [3.63, 3.8) is 0 Å². The summed E-state index contributed by atoms with van der Waals surface area (Å²) >= 11 is 0. The average molecular weight is 618 g/mol. The van der Waals surface area contributed by atoms with Crippen LogP contribution in [-0.4, -0.2) is 14.5 Å². The number of aromatic amines is 1. The molecule has 0 aliphatic heterocycles. The van der Waals surface area contributed by atoms with Crippen molar-refractivity contribution in [1.29, 1.82) is 0 Å². The fraction of sp³-hybridized carbons (Fsp3) is 0.0455. The summed E-state index contributed by atoms with van der Waals surface area (Å²) < 4.78 is 4.38. The second-order valence-electron chi connectivity index (χ2n) is 12.5. The first kappa shape index (κ1) is 28.0. The minimum Gasteiger partial charge on any atom is -0.327 e. The molecule has 4 nitrogen and oxygen atoms in total. The molecule has 0 fully saturated rings. The van der Waals surface area contributed by atoms with Crippen molar-refractivity contribution in [2.75, 3.05) is 0 Å². The summed E-state index contributed by atoms with van der Waals surface area (Å²) in [6.45, 7) is 0. The highest BCUT2D eigenvalue weighted by Crippen LogP contribution is 2.34. The first-order valence-corrected chi connectivity index (χ1v) is 16.3. The number of fused-ring (bicyclic) bond motifs is 3. The minimum absolute atomic E-state index is 0.980. The molecule has 0 aliphatic rings. The van der Waals surface area contributed by atoms with Crippen LogP contribution in [0.15, 0.2) is 158 Å². The van der Waals surface area contributed by atoms with E-state index < -0.39 is 0 Å². The number of aryl methyl sites for hydroxylation is 2. The first-order chi connectivity index (χ1) is 23.6. The molecule has 7 aromatic carbocycles. The van der Waals surface area contributed by atoms with Gasteiger partial charge in [-0.05, 0) is 86.6 Å². The molecule has 0 amide bonds. The number of aromatic nitrogens is 4. The maximum absolute atomic E-state index is 4.87. The number of rotatable bonds is 5. The van der Waals surface area contributed by atoms with E-state index in [9.17, 15) is 0 Å². The third kappa shape index (κ3) is 4.69. The highest BCUT2D eigenvalue weighted by Gasteiger charge is 2.17. The lowest BCUT2D eigenvalue weighted by Crippen LogP contribution is -2.28. The Morgan fingerprint density at radius 2 is 1.15 bits per heavy atom. The van der Waals surface area contributed by atoms with Crippen molar-refractivity contribution in [1.82, 2.24) is 14.5 Å². The second kappa shape index (κ2) is 11.2. The van der Waals surface area contributed by atoms with Crippen LogP contribution in [0.2, 0.25) is 0 Å². The van der Waals surface area contributed by atoms with Gasteiger partial charge in [0.25, 0.3) is 5.82 Å². The van der Waals surface area contributed by atoms with Crippen molar-refractivity contribution in [3.05, 3.63) is 158 Å². The maximum Gasteiger partial charge on any atom is 0.287 e. The summed E-state index contributed by atoms with van der Waals surface area (Å²) in [7, 11) is 4.19. The Morgan fingerprint density at radius 1 is 0.542 bits per heavy atom. The van der Waals surface area contributed by atoms with Gasteiger partial charge < -0.3 is 4.57 Å². The number of hydrogen-bond acceptors (Lipinski definition) is 1. The standard InChI is InChI=1S/C44H32N4/c1-47-41-12-5-3-10-39(41)45-43(47)33-22-16-30(17-23-33)29-14-20-32(21-15-29)37-9-7-8-36-28-35(26-27-38(36)37)31-18-24-34(25-19-31)44-46-40-11-4-6-13-42(40)48(44)2/h3-28H,1-2H3/p+1. The van der Waals surface area contributed by atoms with Gasteiger partial charge in [-0.2, -0.15) is 0 Å². The predicted molar refractivity (Wildman–Crippen MR) is 198 cm³/mol. The molecule has 9 aromatic rings. The van der Waals surface area contributed by atoms with Crippen LogP contribution >= 0.6 is 0 Å². The fourth-order valence-corrected chi connectivity index (χ4v) is 7.06.